The summed E-state index contributed by atoms with van der Waals surface area (Å²) in [4.78, 5) is 12.6. The number of anilines is 1. The van der Waals surface area contributed by atoms with Gasteiger partial charge in [0.05, 0.1) is 18.4 Å². The number of nitrogens with two attached hydrogens (primary N) is 1. The molecular formula is C22H23F2N4O2+. The summed E-state index contributed by atoms with van der Waals surface area (Å²) in [6.45, 7) is 5.95. The molecule has 156 valence electrons. The molecule has 0 fully saturated rings. The van der Waals surface area contributed by atoms with E-state index in [1.54, 1.807) is 24.6 Å². The smallest absolute Gasteiger partial charge is 0.280 e. The lowest BCUT2D eigenvalue weighted by Gasteiger charge is -2.14. The van der Waals surface area contributed by atoms with Crippen LogP contribution in [0.3, 0.4) is 0 Å². The van der Waals surface area contributed by atoms with Crippen LogP contribution in [-0.4, -0.2) is 17.0 Å². The third-order valence-electron chi connectivity index (χ3n) is 5.22. The molecule has 1 amide bonds. The van der Waals surface area contributed by atoms with Crippen molar-refractivity contribution in [1.29, 1.82) is 5.26 Å². The van der Waals surface area contributed by atoms with Crippen LogP contribution in [0.5, 0.6) is 0 Å². The second kappa shape index (κ2) is 8.93. The summed E-state index contributed by atoms with van der Waals surface area (Å²) in [5.74, 6) is -1.01. The number of amides is 1. The fourth-order valence-electron chi connectivity index (χ4n) is 3.29. The lowest BCUT2D eigenvalue weighted by atomic mass is 10.1. The number of carbonyl (C=O) groups is 1. The Morgan fingerprint density at radius 3 is 2.70 bits per heavy atom. The molecule has 0 aliphatic carbocycles. The molecule has 30 heavy (non-hydrogen) atoms. The largest absolute Gasteiger partial charge is 0.467 e. The van der Waals surface area contributed by atoms with Gasteiger partial charge in [0.15, 0.2) is 18.2 Å². The van der Waals surface area contributed by atoms with E-state index in [9.17, 15) is 18.8 Å². The minimum atomic E-state index is -0.919. The lowest BCUT2D eigenvalue weighted by molar-refractivity contribution is -0.682. The first-order chi connectivity index (χ1) is 14.3. The van der Waals surface area contributed by atoms with Crippen LogP contribution in [0.15, 0.2) is 41.0 Å². The Morgan fingerprint density at radius 2 is 2.07 bits per heavy atom. The fourth-order valence-corrected chi connectivity index (χ4v) is 3.29. The van der Waals surface area contributed by atoms with Gasteiger partial charge < -0.3 is 19.6 Å². The summed E-state index contributed by atoms with van der Waals surface area (Å²) in [5.41, 5.74) is 2.63. The van der Waals surface area contributed by atoms with Crippen molar-refractivity contribution in [2.24, 2.45) is 0 Å². The maximum Gasteiger partial charge on any atom is 0.280 e. The quantitative estimate of drug-likeness (QED) is 0.624. The Labute approximate surface area is 173 Å². The predicted molar refractivity (Wildman–Crippen MR) is 107 cm³/mol. The van der Waals surface area contributed by atoms with Crippen molar-refractivity contribution in [1.82, 2.24) is 4.57 Å². The summed E-state index contributed by atoms with van der Waals surface area (Å²) in [7, 11) is 0. The molecule has 6 nitrogen and oxygen atoms in total. The molecule has 3 aromatic rings. The van der Waals surface area contributed by atoms with E-state index in [0.29, 0.717) is 29.2 Å². The van der Waals surface area contributed by atoms with Gasteiger partial charge in [-0.25, -0.2) is 8.78 Å². The summed E-state index contributed by atoms with van der Waals surface area (Å²) in [6.07, 6.45) is 1.57. The summed E-state index contributed by atoms with van der Waals surface area (Å²) in [6, 6.07) is 9.20. The topological polar surface area (TPSA) is 87.6 Å². The second-order valence-electron chi connectivity index (χ2n) is 7.16. The number of quaternary nitrogens is 1. The van der Waals surface area contributed by atoms with E-state index in [2.05, 4.69) is 11.4 Å². The van der Waals surface area contributed by atoms with Gasteiger partial charge in [-0.3, -0.25) is 4.79 Å². The van der Waals surface area contributed by atoms with Crippen LogP contribution in [0.2, 0.25) is 0 Å². The third-order valence-corrected chi connectivity index (χ3v) is 5.22. The van der Waals surface area contributed by atoms with Crippen LogP contribution in [-0.2, 0) is 11.3 Å². The first kappa shape index (κ1) is 21.3. The molecule has 0 spiro atoms. The van der Waals surface area contributed by atoms with Gasteiger partial charge in [0, 0.05) is 11.3 Å². The second-order valence-corrected chi connectivity index (χ2v) is 7.16. The van der Waals surface area contributed by atoms with Gasteiger partial charge in [0.1, 0.15) is 23.7 Å². The van der Waals surface area contributed by atoms with E-state index in [-0.39, 0.29) is 18.5 Å². The Morgan fingerprint density at radius 1 is 1.30 bits per heavy atom. The number of aromatic nitrogens is 1. The van der Waals surface area contributed by atoms with Crippen molar-refractivity contribution in [2.75, 3.05) is 11.9 Å². The van der Waals surface area contributed by atoms with Crippen LogP contribution < -0.4 is 10.6 Å². The van der Waals surface area contributed by atoms with Crippen LogP contribution in [0.1, 0.15) is 41.1 Å². The minimum absolute atomic E-state index is 0.0507. The van der Waals surface area contributed by atoms with Gasteiger partial charge in [-0.15, -0.1) is 0 Å². The van der Waals surface area contributed by atoms with Crippen molar-refractivity contribution < 1.29 is 23.3 Å². The fraction of sp³-hybridized carbons (Fsp3) is 0.273. The molecule has 0 unspecified atom stereocenters. The number of hydrogen-bond donors (Lipinski definition) is 2. The SMILES string of the molecule is Cc1c(C#N)c(NC(=O)C[NH2+][C@H](C)c2ccc(F)c(F)c2)n(Cc2ccco2)c1C. The highest BCUT2D eigenvalue weighted by Crippen LogP contribution is 2.27. The van der Waals surface area contributed by atoms with Crippen molar-refractivity contribution in [3.8, 4) is 6.07 Å². The van der Waals surface area contributed by atoms with E-state index >= 15 is 0 Å². The number of nitrogens with zero attached hydrogens (tertiary/aromatic N) is 2. The Balaban J connectivity index is 1.73. The number of carbonyl (C=O) groups excluding carboxylic acids is 1. The first-order valence-electron chi connectivity index (χ1n) is 9.52. The Bertz CT molecular complexity index is 1100. The van der Waals surface area contributed by atoms with Gasteiger partial charge in [-0.05, 0) is 56.7 Å². The molecule has 0 aliphatic heterocycles. The average molecular weight is 413 g/mol. The van der Waals surface area contributed by atoms with Crippen LogP contribution in [0.25, 0.3) is 0 Å². The summed E-state index contributed by atoms with van der Waals surface area (Å²) in [5, 5.41) is 14.1. The number of nitrogens with one attached hydrogen (secondary N) is 1. The number of benzene rings is 1. The van der Waals surface area contributed by atoms with E-state index in [0.717, 1.165) is 23.4 Å². The molecule has 0 radical (unpaired) electrons. The van der Waals surface area contributed by atoms with E-state index in [4.69, 9.17) is 4.42 Å². The molecule has 1 aromatic carbocycles. The minimum Gasteiger partial charge on any atom is -0.467 e. The van der Waals surface area contributed by atoms with E-state index < -0.39 is 11.6 Å². The van der Waals surface area contributed by atoms with Gasteiger partial charge in [-0.2, -0.15) is 5.26 Å². The number of hydrogen-bond acceptors (Lipinski definition) is 3. The van der Waals surface area contributed by atoms with Gasteiger partial charge in [-0.1, -0.05) is 0 Å². The number of halogens is 2. The maximum atomic E-state index is 13.4. The summed E-state index contributed by atoms with van der Waals surface area (Å²) < 4.78 is 33.8. The molecule has 3 rings (SSSR count). The molecule has 2 aromatic heterocycles. The predicted octanol–water partition coefficient (Wildman–Crippen LogP) is 3.16. The van der Waals surface area contributed by atoms with Crippen LogP contribution >= 0.6 is 0 Å². The highest BCUT2D eigenvalue weighted by atomic mass is 19.2. The molecular weight excluding hydrogens is 390 g/mol. The molecule has 1 atom stereocenters. The number of furan rings is 1. The zero-order chi connectivity index (χ0) is 21.8. The molecule has 3 N–H and O–H groups in total. The average Bonchev–Trinajstić information content (AvgIpc) is 3.31. The summed E-state index contributed by atoms with van der Waals surface area (Å²) >= 11 is 0. The lowest BCUT2D eigenvalue weighted by Crippen LogP contribution is -2.86. The van der Waals surface area contributed by atoms with Gasteiger partial charge in [0.2, 0.25) is 0 Å². The molecule has 2 heterocycles. The van der Waals surface area contributed by atoms with Gasteiger partial charge >= 0.3 is 0 Å². The Hall–Kier alpha value is -3.44. The standard InChI is InChI=1S/C22H22F2N4O2/c1-13-15(3)28(12-17-5-4-8-30-17)22(18(13)10-25)27-21(29)11-26-14(2)16-6-7-19(23)20(24)9-16/h4-9,14,26H,11-12H2,1-3H3,(H,27,29)/p+1/t14-/m1/s1. The first-order valence-corrected chi connectivity index (χ1v) is 9.52. The van der Waals surface area contributed by atoms with Crippen molar-refractivity contribution in [3.05, 3.63) is 76.4 Å². The monoisotopic (exact) mass is 413 g/mol. The zero-order valence-corrected chi connectivity index (χ0v) is 17.0. The van der Waals surface area contributed by atoms with Gasteiger partial charge in [0.25, 0.3) is 5.91 Å². The molecule has 0 bridgehead atoms. The van der Waals surface area contributed by atoms with Crippen LogP contribution in [0, 0.1) is 36.8 Å². The van der Waals surface area contributed by atoms with Crippen molar-refractivity contribution >= 4 is 11.7 Å². The normalized spacial score (nSPS) is 11.9. The molecule has 0 saturated heterocycles. The number of nitriles is 1. The van der Waals surface area contributed by atoms with E-state index in [1.807, 2.05) is 24.5 Å². The van der Waals surface area contributed by atoms with Crippen LogP contribution in [0.4, 0.5) is 14.6 Å². The third kappa shape index (κ3) is 4.42. The van der Waals surface area contributed by atoms with Crippen molar-refractivity contribution in [3.63, 3.8) is 0 Å². The highest BCUT2D eigenvalue weighted by molar-refractivity contribution is 5.92. The van der Waals surface area contributed by atoms with Crippen molar-refractivity contribution in [2.45, 2.75) is 33.4 Å². The maximum absolute atomic E-state index is 13.4. The zero-order valence-electron chi connectivity index (χ0n) is 17.0. The molecule has 0 aliphatic rings. The Kier molecular flexibility index (Phi) is 6.33. The van der Waals surface area contributed by atoms with E-state index in [1.165, 1.54) is 6.07 Å². The number of rotatable bonds is 7. The highest BCUT2D eigenvalue weighted by Gasteiger charge is 2.21. The molecule has 0 saturated carbocycles. The molecule has 8 heteroatoms.